The number of amides is 1. The number of nitrogens with zero attached hydrogens (tertiary/aromatic N) is 1. The number of hydrogen-bond acceptors (Lipinski definition) is 2. The van der Waals surface area contributed by atoms with Gasteiger partial charge < -0.3 is 4.90 Å². The Morgan fingerprint density at radius 3 is 2.24 bits per heavy atom. The van der Waals surface area contributed by atoms with Crippen molar-refractivity contribution in [1.29, 1.82) is 0 Å². The third kappa shape index (κ3) is 6.28. The first-order chi connectivity index (χ1) is 13.5. The van der Waals surface area contributed by atoms with Crippen LogP contribution in [0.5, 0.6) is 0 Å². The van der Waals surface area contributed by atoms with Gasteiger partial charge in [-0.15, -0.1) is 18.3 Å². The molecule has 2 nitrogen and oxygen atoms in total. The summed E-state index contributed by atoms with van der Waals surface area (Å²) in [7, 11) is 0. The fourth-order valence-electron chi connectivity index (χ4n) is 2.98. The predicted molar refractivity (Wildman–Crippen MR) is 128 cm³/mol. The summed E-state index contributed by atoms with van der Waals surface area (Å²) in [6.45, 7) is 13.7. The third-order valence-electron chi connectivity index (χ3n) is 4.45. The SMILES string of the molecule is C=CCC(Sc1ccc(Cl)cc1)c1ccc(N(C(=O)C(C)(C)C)C(C)C)c(Cl)c1. The second-order valence-electron chi connectivity index (χ2n) is 8.31. The van der Waals surface area contributed by atoms with Gasteiger partial charge in [0.05, 0.1) is 10.7 Å². The highest BCUT2D eigenvalue weighted by atomic mass is 35.5. The molecule has 2 aromatic carbocycles. The number of carbonyl (C=O) groups excluding carboxylic acids is 1. The van der Waals surface area contributed by atoms with Crippen LogP contribution in [0.25, 0.3) is 0 Å². The molecule has 1 atom stereocenters. The third-order valence-corrected chi connectivity index (χ3v) is 6.30. The lowest BCUT2D eigenvalue weighted by molar-refractivity contribution is -0.126. The van der Waals surface area contributed by atoms with Gasteiger partial charge in [0.25, 0.3) is 0 Å². The second-order valence-corrected chi connectivity index (χ2v) is 10.4. The molecule has 1 amide bonds. The molecule has 0 N–H and O–H groups in total. The van der Waals surface area contributed by atoms with E-state index in [2.05, 4.69) is 12.6 Å². The molecule has 0 bridgehead atoms. The molecule has 0 aliphatic rings. The molecule has 0 fully saturated rings. The van der Waals surface area contributed by atoms with Gasteiger partial charge in [0.2, 0.25) is 5.91 Å². The highest BCUT2D eigenvalue weighted by Crippen LogP contribution is 2.41. The number of allylic oxidation sites excluding steroid dienone is 1. The molecule has 2 aromatic rings. The molecule has 0 saturated carbocycles. The van der Waals surface area contributed by atoms with E-state index in [-0.39, 0.29) is 17.2 Å². The lowest BCUT2D eigenvalue weighted by Crippen LogP contribution is -2.44. The molecule has 0 aliphatic heterocycles. The molecule has 0 saturated heterocycles. The number of anilines is 1. The fourth-order valence-corrected chi connectivity index (χ4v) is 4.53. The van der Waals surface area contributed by atoms with Crippen LogP contribution in [0.4, 0.5) is 5.69 Å². The number of benzene rings is 2. The van der Waals surface area contributed by atoms with E-state index in [0.717, 1.165) is 27.6 Å². The summed E-state index contributed by atoms with van der Waals surface area (Å²) in [5, 5.41) is 1.48. The van der Waals surface area contributed by atoms with Crippen LogP contribution in [0.2, 0.25) is 10.0 Å². The van der Waals surface area contributed by atoms with E-state index >= 15 is 0 Å². The largest absolute Gasteiger partial charge is 0.308 e. The first-order valence-corrected chi connectivity index (χ1v) is 11.3. The average molecular weight is 450 g/mol. The Labute approximate surface area is 189 Å². The Kier molecular flexibility index (Phi) is 8.28. The van der Waals surface area contributed by atoms with Crippen molar-refractivity contribution in [1.82, 2.24) is 0 Å². The van der Waals surface area contributed by atoms with E-state index in [1.54, 1.807) is 16.7 Å². The first-order valence-electron chi connectivity index (χ1n) is 9.70. The second kappa shape index (κ2) is 10.1. The van der Waals surface area contributed by atoms with Gasteiger partial charge in [-0.1, -0.05) is 56.1 Å². The van der Waals surface area contributed by atoms with Crippen molar-refractivity contribution in [2.75, 3.05) is 4.90 Å². The van der Waals surface area contributed by atoms with Gasteiger partial charge in [0, 0.05) is 26.6 Å². The van der Waals surface area contributed by atoms with Crippen LogP contribution in [0, 0.1) is 5.41 Å². The average Bonchev–Trinajstić information content (AvgIpc) is 2.63. The van der Waals surface area contributed by atoms with Crippen LogP contribution in [0.1, 0.15) is 51.9 Å². The summed E-state index contributed by atoms with van der Waals surface area (Å²) < 4.78 is 0. The van der Waals surface area contributed by atoms with Crippen LogP contribution in [-0.4, -0.2) is 11.9 Å². The maximum absolute atomic E-state index is 13.0. The molecule has 0 aromatic heterocycles. The number of halogens is 2. The van der Waals surface area contributed by atoms with Gasteiger partial charge in [-0.05, 0) is 62.2 Å². The Morgan fingerprint density at radius 2 is 1.76 bits per heavy atom. The summed E-state index contributed by atoms with van der Waals surface area (Å²) >= 11 is 14.4. The van der Waals surface area contributed by atoms with Gasteiger partial charge >= 0.3 is 0 Å². The number of rotatable bonds is 7. The lowest BCUT2D eigenvalue weighted by Gasteiger charge is -2.33. The van der Waals surface area contributed by atoms with E-state index in [4.69, 9.17) is 23.2 Å². The zero-order chi connectivity index (χ0) is 21.8. The zero-order valence-electron chi connectivity index (χ0n) is 17.7. The Hall–Kier alpha value is -1.42. The van der Waals surface area contributed by atoms with Crippen molar-refractivity contribution < 1.29 is 4.79 Å². The summed E-state index contributed by atoms with van der Waals surface area (Å²) in [6.07, 6.45) is 2.72. The monoisotopic (exact) mass is 449 g/mol. The number of carbonyl (C=O) groups is 1. The molecule has 5 heteroatoms. The van der Waals surface area contributed by atoms with Crippen LogP contribution in [0.15, 0.2) is 60.0 Å². The highest BCUT2D eigenvalue weighted by Gasteiger charge is 2.31. The summed E-state index contributed by atoms with van der Waals surface area (Å²) in [4.78, 5) is 15.9. The number of hydrogen-bond donors (Lipinski definition) is 0. The van der Waals surface area contributed by atoms with Gasteiger partial charge in [-0.3, -0.25) is 4.79 Å². The molecule has 156 valence electrons. The molecule has 0 radical (unpaired) electrons. The minimum absolute atomic E-state index is 0.0116. The standard InChI is InChI=1S/C24H29Cl2NOS/c1-7-8-22(29-19-12-10-18(25)11-13-19)17-9-14-21(20(26)15-17)27(16(2)3)23(28)24(4,5)6/h7,9-16,22H,1,8H2,2-6H3. The van der Waals surface area contributed by atoms with E-state index in [1.807, 2.05) is 77.1 Å². The smallest absolute Gasteiger partial charge is 0.232 e. The summed E-state index contributed by atoms with van der Waals surface area (Å²) in [6, 6.07) is 13.8. The summed E-state index contributed by atoms with van der Waals surface area (Å²) in [5.74, 6) is 0.0559. The normalized spacial score (nSPS) is 12.7. The summed E-state index contributed by atoms with van der Waals surface area (Å²) in [5.41, 5.74) is 1.37. The lowest BCUT2D eigenvalue weighted by atomic mass is 9.93. The fraction of sp³-hybridized carbons (Fsp3) is 0.375. The Balaban J connectivity index is 2.36. The van der Waals surface area contributed by atoms with Gasteiger partial charge in [-0.2, -0.15) is 0 Å². The Morgan fingerprint density at radius 1 is 1.14 bits per heavy atom. The van der Waals surface area contributed by atoms with Crippen LogP contribution in [-0.2, 0) is 4.79 Å². The van der Waals surface area contributed by atoms with E-state index in [9.17, 15) is 4.79 Å². The minimum Gasteiger partial charge on any atom is -0.308 e. The van der Waals surface area contributed by atoms with Crippen molar-refractivity contribution in [2.24, 2.45) is 5.41 Å². The minimum atomic E-state index is -0.484. The molecule has 0 aliphatic carbocycles. The first kappa shape index (κ1) is 23.9. The van der Waals surface area contributed by atoms with Gasteiger partial charge in [0.1, 0.15) is 0 Å². The van der Waals surface area contributed by atoms with Gasteiger partial charge in [-0.25, -0.2) is 0 Å². The quantitative estimate of drug-likeness (QED) is 0.313. The van der Waals surface area contributed by atoms with E-state index in [1.165, 1.54) is 0 Å². The topological polar surface area (TPSA) is 20.3 Å². The van der Waals surface area contributed by atoms with E-state index < -0.39 is 5.41 Å². The maximum Gasteiger partial charge on any atom is 0.232 e. The van der Waals surface area contributed by atoms with Crippen molar-refractivity contribution in [3.8, 4) is 0 Å². The molecule has 0 spiro atoms. The molecular formula is C24H29Cl2NOS. The van der Waals surface area contributed by atoms with E-state index in [0.29, 0.717) is 5.02 Å². The molecule has 2 rings (SSSR count). The molecular weight excluding hydrogens is 421 g/mol. The Bertz CT molecular complexity index is 856. The van der Waals surface area contributed by atoms with Crippen LogP contribution >= 0.6 is 35.0 Å². The predicted octanol–water partition coefficient (Wildman–Crippen LogP) is 8.19. The van der Waals surface area contributed by atoms with Gasteiger partial charge in [0.15, 0.2) is 0 Å². The molecule has 29 heavy (non-hydrogen) atoms. The van der Waals surface area contributed by atoms with Crippen molar-refractivity contribution >= 4 is 46.6 Å². The molecule has 1 unspecified atom stereocenters. The van der Waals surface area contributed by atoms with Crippen molar-refractivity contribution in [3.63, 3.8) is 0 Å². The van der Waals surface area contributed by atoms with Crippen molar-refractivity contribution in [3.05, 3.63) is 70.7 Å². The highest BCUT2D eigenvalue weighted by molar-refractivity contribution is 7.99. The van der Waals surface area contributed by atoms with Crippen LogP contribution in [0.3, 0.4) is 0 Å². The number of thioether (sulfide) groups is 1. The maximum atomic E-state index is 13.0. The zero-order valence-corrected chi connectivity index (χ0v) is 20.0. The van der Waals surface area contributed by atoms with Crippen molar-refractivity contribution in [2.45, 2.75) is 57.2 Å². The molecule has 0 heterocycles. The van der Waals surface area contributed by atoms with Crippen LogP contribution < -0.4 is 4.90 Å².